The quantitative estimate of drug-likeness (QED) is 0.694. The standard InChI is InChI=1S/C10H22N2/c1-8-5-9(6-8)12(4)7-10(2,3)11/h8-9H,5-7,11H2,1-4H3. The summed E-state index contributed by atoms with van der Waals surface area (Å²) in [4.78, 5) is 2.40. The maximum atomic E-state index is 5.95. The van der Waals surface area contributed by atoms with Crippen LogP contribution in [0.3, 0.4) is 0 Å². The van der Waals surface area contributed by atoms with Crippen LogP contribution in [0.15, 0.2) is 0 Å². The molecule has 0 spiro atoms. The maximum Gasteiger partial charge on any atom is 0.0226 e. The van der Waals surface area contributed by atoms with Gasteiger partial charge in [-0.2, -0.15) is 0 Å². The molecular weight excluding hydrogens is 148 g/mol. The van der Waals surface area contributed by atoms with Gasteiger partial charge < -0.3 is 10.6 Å². The molecule has 1 fully saturated rings. The highest BCUT2D eigenvalue weighted by Crippen LogP contribution is 2.30. The summed E-state index contributed by atoms with van der Waals surface area (Å²) in [5.74, 6) is 0.929. The third-order valence-electron chi connectivity index (χ3n) is 2.63. The molecule has 0 aromatic carbocycles. The first-order valence-electron chi connectivity index (χ1n) is 4.87. The van der Waals surface area contributed by atoms with Crippen LogP contribution in [0.2, 0.25) is 0 Å². The van der Waals surface area contributed by atoms with Crippen molar-refractivity contribution in [3.63, 3.8) is 0 Å². The van der Waals surface area contributed by atoms with Crippen LogP contribution in [-0.2, 0) is 0 Å². The Kier molecular flexibility index (Phi) is 2.79. The highest BCUT2D eigenvalue weighted by atomic mass is 15.2. The molecule has 0 heterocycles. The van der Waals surface area contributed by atoms with Crippen LogP contribution in [0.5, 0.6) is 0 Å². The van der Waals surface area contributed by atoms with Crippen molar-refractivity contribution in [3.05, 3.63) is 0 Å². The van der Waals surface area contributed by atoms with Crippen LogP contribution in [0.25, 0.3) is 0 Å². The van der Waals surface area contributed by atoms with Crippen molar-refractivity contribution < 1.29 is 0 Å². The fourth-order valence-electron chi connectivity index (χ4n) is 1.99. The number of hydrogen-bond acceptors (Lipinski definition) is 2. The topological polar surface area (TPSA) is 29.3 Å². The average molecular weight is 170 g/mol. The first-order valence-corrected chi connectivity index (χ1v) is 4.87. The van der Waals surface area contributed by atoms with E-state index in [4.69, 9.17) is 5.73 Å². The SMILES string of the molecule is CC1CC(N(C)CC(C)(C)N)C1. The van der Waals surface area contributed by atoms with Crippen LogP contribution < -0.4 is 5.73 Å². The first kappa shape index (κ1) is 10.0. The second kappa shape index (κ2) is 3.35. The summed E-state index contributed by atoms with van der Waals surface area (Å²) in [7, 11) is 2.19. The Morgan fingerprint density at radius 3 is 2.25 bits per heavy atom. The molecule has 0 saturated heterocycles. The molecule has 1 aliphatic rings. The van der Waals surface area contributed by atoms with E-state index in [1.807, 2.05) is 0 Å². The van der Waals surface area contributed by atoms with E-state index in [2.05, 4.69) is 32.7 Å². The fourth-order valence-corrected chi connectivity index (χ4v) is 1.99. The van der Waals surface area contributed by atoms with Gasteiger partial charge in [0.1, 0.15) is 0 Å². The van der Waals surface area contributed by atoms with E-state index in [1.54, 1.807) is 0 Å². The zero-order valence-corrected chi connectivity index (χ0v) is 8.80. The van der Waals surface area contributed by atoms with Gasteiger partial charge >= 0.3 is 0 Å². The lowest BCUT2D eigenvalue weighted by molar-refractivity contribution is 0.0945. The molecule has 12 heavy (non-hydrogen) atoms. The van der Waals surface area contributed by atoms with E-state index in [-0.39, 0.29) is 5.54 Å². The van der Waals surface area contributed by atoms with Gasteiger partial charge in [-0.15, -0.1) is 0 Å². The van der Waals surface area contributed by atoms with Gasteiger partial charge in [-0.1, -0.05) is 6.92 Å². The van der Waals surface area contributed by atoms with E-state index in [9.17, 15) is 0 Å². The molecule has 2 nitrogen and oxygen atoms in total. The van der Waals surface area contributed by atoms with Crippen molar-refractivity contribution in [2.45, 2.75) is 45.2 Å². The van der Waals surface area contributed by atoms with E-state index in [1.165, 1.54) is 12.8 Å². The van der Waals surface area contributed by atoms with Crippen LogP contribution in [0.4, 0.5) is 0 Å². The molecule has 1 aliphatic carbocycles. The molecule has 0 unspecified atom stereocenters. The minimum atomic E-state index is -0.0480. The largest absolute Gasteiger partial charge is 0.324 e. The molecular formula is C10H22N2. The lowest BCUT2D eigenvalue weighted by Crippen LogP contribution is -2.50. The summed E-state index contributed by atoms with van der Waals surface area (Å²) in [6.07, 6.45) is 2.71. The van der Waals surface area contributed by atoms with Crippen molar-refractivity contribution in [2.24, 2.45) is 11.7 Å². The molecule has 1 rings (SSSR count). The molecule has 0 aromatic rings. The summed E-state index contributed by atoms with van der Waals surface area (Å²) in [5.41, 5.74) is 5.90. The van der Waals surface area contributed by atoms with Crippen molar-refractivity contribution in [3.8, 4) is 0 Å². The van der Waals surface area contributed by atoms with E-state index < -0.39 is 0 Å². The molecule has 0 aliphatic heterocycles. The Morgan fingerprint density at radius 1 is 1.42 bits per heavy atom. The zero-order chi connectivity index (χ0) is 9.35. The van der Waals surface area contributed by atoms with Crippen LogP contribution in [0, 0.1) is 5.92 Å². The molecule has 0 radical (unpaired) electrons. The van der Waals surface area contributed by atoms with Gasteiger partial charge in [0.2, 0.25) is 0 Å². The second-order valence-corrected chi connectivity index (χ2v) is 5.13. The summed E-state index contributed by atoms with van der Waals surface area (Å²) in [6.45, 7) is 7.50. The van der Waals surface area contributed by atoms with Gasteiger partial charge in [0.25, 0.3) is 0 Å². The lowest BCUT2D eigenvalue weighted by Gasteiger charge is -2.42. The van der Waals surface area contributed by atoms with Crippen molar-refractivity contribution in [1.82, 2.24) is 4.90 Å². The number of nitrogens with two attached hydrogens (primary N) is 1. The zero-order valence-electron chi connectivity index (χ0n) is 8.80. The molecule has 1 saturated carbocycles. The minimum Gasteiger partial charge on any atom is -0.324 e. The van der Waals surface area contributed by atoms with Gasteiger partial charge in [0.15, 0.2) is 0 Å². The third kappa shape index (κ3) is 2.76. The Bertz CT molecular complexity index is 142. The maximum absolute atomic E-state index is 5.95. The molecule has 2 N–H and O–H groups in total. The first-order chi connectivity index (χ1) is 5.38. The van der Waals surface area contributed by atoms with Crippen LogP contribution in [-0.4, -0.2) is 30.1 Å². The summed E-state index contributed by atoms with van der Waals surface area (Å²) in [6, 6.07) is 0.794. The minimum absolute atomic E-state index is 0.0480. The Balaban J connectivity index is 2.25. The molecule has 0 atom stereocenters. The van der Waals surface area contributed by atoms with Gasteiger partial charge in [-0.3, -0.25) is 0 Å². The highest BCUT2D eigenvalue weighted by Gasteiger charge is 2.30. The summed E-state index contributed by atoms with van der Waals surface area (Å²) in [5, 5.41) is 0. The van der Waals surface area contributed by atoms with Gasteiger partial charge in [0.05, 0.1) is 0 Å². The van der Waals surface area contributed by atoms with Gasteiger partial charge in [-0.25, -0.2) is 0 Å². The Hall–Kier alpha value is -0.0800. The van der Waals surface area contributed by atoms with Crippen molar-refractivity contribution in [1.29, 1.82) is 0 Å². The average Bonchev–Trinajstić information content (AvgIpc) is 1.76. The smallest absolute Gasteiger partial charge is 0.0226 e. The molecule has 72 valence electrons. The number of rotatable bonds is 3. The number of likely N-dealkylation sites (N-methyl/N-ethyl adjacent to an activating group) is 1. The lowest BCUT2D eigenvalue weighted by atomic mass is 9.80. The Labute approximate surface area is 76.1 Å². The van der Waals surface area contributed by atoms with Crippen molar-refractivity contribution in [2.75, 3.05) is 13.6 Å². The monoisotopic (exact) mass is 170 g/mol. The van der Waals surface area contributed by atoms with Gasteiger partial charge in [0, 0.05) is 18.1 Å². The molecule has 0 amide bonds. The number of hydrogen-bond donors (Lipinski definition) is 1. The molecule has 0 bridgehead atoms. The van der Waals surface area contributed by atoms with Gasteiger partial charge in [-0.05, 0) is 39.7 Å². The van der Waals surface area contributed by atoms with E-state index >= 15 is 0 Å². The van der Waals surface area contributed by atoms with E-state index in [0.29, 0.717) is 0 Å². The second-order valence-electron chi connectivity index (χ2n) is 5.13. The normalized spacial score (nSPS) is 30.5. The van der Waals surface area contributed by atoms with E-state index in [0.717, 1.165) is 18.5 Å². The predicted octanol–water partition coefficient (Wildman–Crippen LogP) is 1.45. The number of nitrogens with zero attached hydrogens (tertiary/aromatic N) is 1. The molecule has 0 aromatic heterocycles. The predicted molar refractivity (Wildman–Crippen MR) is 53.1 cm³/mol. The third-order valence-corrected chi connectivity index (χ3v) is 2.63. The van der Waals surface area contributed by atoms with Crippen molar-refractivity contribution >= 4 is 0 Å². The van der Waals surface area contributed by atoms with Crippen LogP contribution >= 0.6 is 0 Å². The molecule has 2 heteroatoms. The summed E-state index contributed by atoms with van der Waals surface area (Å²) < 4.78 is 0. The van der Waals surface area contributed by atoms with Crippen LogP contribution in [0.1, 0.15) is 33.6 Å². The highest BCUT2D eigenvalue weighted by molar-refractivity contribution is 4.87. The Morgan fingerprint density at radius 2 is 1.92 bits per heavy atom. The summed E-state index contributed by atoms with van der Waals surface area (Å²) >= 11 is 0. The fraction of sp³-hybridized carbons (Fsp3) is 1.00.